The lowest BCUT2D eigenvalue weighted by atomic mass is 9.34. The predicted molar refractivity (Wildman–Crippen MR) is 139 cm³/mol. The zero-order valence-corrected chi connectivity index (χ0v) is 22.8. The number of carbonyl (C=O) groups excluding carboxylic acids is 1. The average molecular weight is 464 g/mol. The lowest BCUT2D eigenvalue weighted by Gasteiger charge is -2.70. The van der Waals surface area contributed by atoms with Crippen molar-refractivity contribution in [2.24, 2.45) is 33.0 Å². The summed E-state index contributed by atoms with van der Waals surface area (Å²) in [4.78, 5) is 15.0. The molecule has 1 N–H and O–H groups in total. The molecular weight excluding hydrogens is 418 g/mol. The molecule has 34 heavy (non-hydrogen) atoms. The van der Waals surface area contributed by atoms with Gasteiger partial charge in [0.2, 0.25) is 5.78 Å². The first-order chi connectivity index (χ1) is 15.7. The van der Waals surface area contributed by atoms with Crippen LogP contribution >= 0.6 is 0 Å². The fraction of sp³-hybridized carbons (Fsp3) is 0.710. The SMILES string of the molecule is CC1=C(O)C(=O)C=C2C1=CC=C1[C@@]2(C)CC[C@@]2(C)[C@@H]3C[C@](C)(CN(C)C)CC[C@]3(C)CC[C@]12C. The summed E-state index contributed by atoms with van der Waals surface area (Å²) in [5.74, 6) is 0.396. The van der Waals surface area contributed by atoms with Crippen LogP contribution < -0.4 is 0 Å². The molecule has 3 heteroatoms. The number of aliphatic hydroxyl groups excluding tert-OH is 1. The highest BCUT2D eigenvalue weighted by Crippen LogP contribution is 2.75. The Morgan fingerprint density at radius 3 is 2.32 bits per heavy atom. The van der Waals surface area contributed by atoms with Gasteiger partial charge in [0, 0.05) is 17.5 Å². The molecule has 0 aromatic heterocycles. The smallest absolute Gasteiger partial charge is 0.220 e. The number of nitrogens with zero attached hydrogens (tertiary/aromatic N) is 1. The quantitative estimate of drug-likeness (QED) is 0.472. The molecule has 0 heterocycles. The van der Waals surface area contributed by atoms with Gasteiger partial charge in [-0.05, 0) is 111 Å². The maximum atomic E-state index is 12.7. The highest BCUT2D eigenvalue weighted by atomic mass is 16.3. The molecule has 3 saturated carbocycles. The van der Waals surface area contributed by atoms with Crippen molar-refractivity contribution in [2.75, 3.05) is 20.6 Å². The Balaban J connectivity index is 1.61. The Morgan fingerprint density at radius 2 is 1.65 bits per heavy atom. The first-order valence-corrected chi connectivity index (χ1v) is 13.4. The van der Waals surface area contributed by atoms with Gasteiger partial charge in [-0.2, -0.15) is 0 Å². The van der Waals surface area contributed by atoms with E-state index in [2.05, 4.69) is 65.8 Å². The summed E-state index contributed by atoms with van der Waals surface area (Å²) in [5, 5.41) is 10.3. The molecule has 0 aromatic carbocycles. The summed E-state index contributed by atoms with van der Waals surface area (Å²) >= 11 is 0. The van der Waals surface area contributed by atoms with E-state index in [1.165, 1.54) is 50.6 Å². The van der Waals surface area contributed by atoms with E-state index in [1.54, 1.807) is 6.08 Å². The van der Waals surface area contributed by atoms with Crippen molar-refractivity contribution in [2.45, 2.75) is 86.5 Å². The number of allylic oxidation sites excluding steroid dienone is 7. The standard InChI is InChI=1S/C31H45NO2/c1-20-21-9-10-24-29(4,22(21)17-23(33)26(20)34)14-16-31(6)25-18-27(2,19-32(7)8)11-12-28(25,3)13-15-30(24,31)5/h9-10,17,25,34H,11-16,18-19H2,1-8H3/t25-,27-,28-,29+,30-,31+/m1/s1. The number of ketones is 1. The molecule has 3 fully saturated rings. The van der Waals surface area contributed by atoms with Crippen molar-refractivity contribution < 1.29 is 9.90 Å². The van der Waals surface area contributed by atoms with E-state index in [-0.39, 0.29) is 27.8 Å². The summed E-state index contributed by atoms with van der Waals surface area (Å²) in [7, 11) is 4.45. The molecule has 3 nitrogen and oxygen atoms in total. The van der Waals surface area contributed by atoms with Gasteiger partial charge >= 0.3 is 0 Å². The van der Waals surface area contributed by atoms with Gasteiger partial charge in [-0.1, -0.05) is 52.3 Å². The van der Waals surface area contributed by atoms with Crippen molar-refractivity contribution in [1.29, 1.82) is 0 Å². The molecule has 0 unspecified atom stereocenters. The second kappa shape index (κ2) is 7.21. The molecule has 0 spiro atoms. The molecule has 0 radical (unpaired) electrons. The molecule has 6 atom stereocenters. The maximum Gasteiger partial charge on any atom is 0.220 e. The Bertz CT molecular complexity index is 1070. The fourth-order valence-electron chi connectivity index (χ4n) is 9.43. The van der Waals surface area contributed by atoms with Crippen LogP contribution in [-0.4, -0.2) is 36.4 Å². The van der Waals surface area contributed by atoms with Crippen molar-refractivity contribution in [3.8, 4) is 0 Å². The van der Waals surface area contributed by atoms with Gasteiger partial charge in [-0.3, -0.25) is 4.79 Å². The maximum absolute atomic E-state index is 12.7. The van der Waals surface area contributed by atoms with Crippen molar-refractivity contribution in [3.05, 3.63) is 46.3 Å². The van der Waals surface area contributed by atoms with Crippen LogP contribution in [0.15, 0.2) is 46.3 Å². The molecule has 5 aliphatic rings. The molecule has 186 valence electrons. The molecule has 5 aliphatic carbocycles. The van der Waals surface area contributed by atoms with Gasteiger partial charge in [-0.25, -0.2) is 0 Å². The zero-order valence-electron chi connectivity index (χ0n) is 22.8. The molecule has 5 rings (SSSR count). The van der Waals surface area contributed by atoms with E-state index in [0.29, 0.717) is 16.7 Å². The molecule has 0 amide bonds. The molecule has 0 aromatic rings. The highest BCUT2D eigenvalue weighted by molar-refractivity contribution is 6.06. The summed E-state index contributed by atoms with van der Waals surface area (Å²) in [6.45, 7) is 15.7. The Morgan fingerprint density at radius 1 is 0.971 bits per heavy atom. The summed E-state index contributed by atoms with van der Waals surface area (Å²) in [6.07, 6.45) is 15.1. The minimum Gasteiger partial charge on any atom is -0.504 e. The monoisotopic (exact) mass is 463 g/mol. The second-order valence-corrected chi connectivity index (χ2v) is 14.1. The topological polar surface area (TPSA) is 40.5 Å². The van der Waals surface area contributed by atoms with E-state index in [0.717, 1.165) is 23.1 Å². The van der Waals surface area contributed by atoms with Crippen molar-refractivity contribution >= 4 is 5.78 Å². The van der Waals surface area contributed by atoms with Crippen LogP contribution in [0.4, 0.5) is 0 Å². The normalized spacial score (nSPS) is 46.1. The number of fused-ring (bicyclic) bond motifs is 7. The Labute approximate surface area is 207 Å². The first-order valence-electron chi connectivity index (χ1n) is 13.4. The average Bonchev–Trinajstić information content (AvgIpc) is 2.75. The third-order valence-corrected chi connectivity index (χ3v) is 11.7. The van der Waals surface area contributed by atoms with Gasteiger partial charge in [0.15, 0.2) is 5.76 Å². The van der Waals surface area contributed by atoms with E-state index in [1.807, 2.05) is 6.92 Å². The van der Waals surface area contributed by atoms with Crippen LogP contribution in [0.5, 0.6) is 0 Å². The van der Waals surface area contributed by atoms with E-state index < -0.39 is 0 Å². The van der Waals surface area contributed by atoms with Crippen molar-refractivity contribution in [1.82, 2.24) is 4.90 Å². The molecule has 0 saturated heterocycles. The minimum absolute atomic E-state index is 0.0851. The van der Waals surface area contributed by atoms with E-state index in [9.17, 15) is 9.90 Å². The van der Waals surface area contributed by atoms with Crippen LogP contribution in [0.25, 0.3) is 0 Å². The third-order valence-electron chi connectivity index (χ3n) is 11.7. The number of hydrogen-bond acceptors (Lipinski definition) is 3. The predicted octanol–water partition coefficient (Wildman–Crippen LogP) is 7.17. The first kappa shape index (κ1) is 24.1. The minimum atomic E-state index is -0.228. The molecular formula is C31H45NO2. The number of hydrogen-bond donors (Lipinski definition) is 1. The summed E-state index contributed by atoms with van der Waals surface area (Å²) in [5.41, 5.74) is 5.51. The van der Waals surface area contributed by atoms with E-state index in [4.69, 9.17) is 0 Å². The zero-order chi connectivity index (χ0) is 24.9. The number of rotatable bonds is 2. The number of aliphatic hydroxyl groups is 1. The Kier molecular flexibility index (Phi) is 5.11. The van der Waals surface area contributed by atoms with Gasteiger partial charge in [0.1, 0.15) is 0 Å². The third kappa shape index (κ3) is 3.01. The van der Waals surface area contributed by atoms with Crippen LogP contribution in [0.2, 0.25) is 0 Å². The lowest BCUT2D eigenvalue weighted by Crippen LogP contribution is -2.62. The molecule has 0 bridgehead atoms. The van der Waals surface area contributed by atoms with Crippen LogP contribution in [-0.2, 0) is 4.79 Å². The van der Waals surface area contributed by atoms with E-state index >= 15 is 0 Å². The van der Waals surface area contributed by atoms with Gasteiger partial charge in [0.25, 0.3) is 0 Å². The highest BCUT2D eigenvalue weighted by Gasteiger charge is 2.66. The summed E-state index contributed by atoms with van der Waals surface area (Å²) < 4.78 is 0. The summed E-state index contributed by atoms with van der Waals surface area (Å²) in [6, 6.07) is 0. The van der Waals surface area contributed by atoms with Crippen LogP contribution in [0.3, 0.4) is 0 Å². The van der Waals surface area contributed by atoms with Gasteiger partial charge in [-0.15, -0.1) is 0 Å². The lowest BCUT2D eigenvalue weighted by molar-refractivity contribution is -0.162. The van der Waals surface area contributed by atoms with Crippen LogP contribution in [0, 0.1) is 33.0 Å². The second-order valence-electron chi connectivity index (χ2n) is 14.1. The van der Waals surface area contributed by atoms with Gasteiger partial charge < -0.3 is 10.0 Å². The number of carbonyl (C=O) groups is 1. The van der Waals surface area contributed by atoms with Gasteiger partial charge in [0.05, 0.1) is 0 Å². The van der Waals surface area contributed by atoms with Crippen molar-refractivity contribution in [3.63, 3.8) is 0 Å². The van der Waals surface area contributed by atoms with Crippen LogP contribution in [0.1, 0.15) is 86.5 Å². The Hall–Kier alpha value is -1.61. The fourth-order valence-corrected chi connectivity index (χ4v) is 9.43. The molecule has 0 aliphatic heterocycles. The largest absolute Gasteiger partial charge is 0.504 e.